The summed E-state index contributed by atoms with van der Waals surface area (Å²) < 4.78 is 38.5. The third kappa shape index (κ3) is 4.20. The highest BCUT2D eigenvalue weighted by Crippen LogP contribution is 2.36. The van der Waals surface area contributed by atoms with E-state index in [1.54, 1.807) is 13.2 Å². The molecule has 0 amide bonds. The molecule has 0 aliphatic heterocycles. The van der Waals surface area contributed by atoms with Crippen LogP contribution < -0.4 is 4.74 Å². The zero-order valence-corrected chi connectivity index (χ0v) is 19.2. The predicted octanol–water partition coefficient (Wildman–Crippen LogP) is 3.98. The van der Waals surface area contributed by atoms with E-state index >= 15 is 0 Å². The summed E-state index contributed by atoms with van der Waals surface area (Å²) >= 11 is 0. The number of methoxy groups -OCH3 is 1. The summed E-state index contributed by atoms with van der Waals surface area (Å²) in [5.74, 6) is 0.401. The van der Waals surface area contributed by atoms with Gasteiger partial charge in [0.15, 0.2) is 9.84 Å². The molecule has 0 fully saturated rings. The van der Waals surface area contributed by atoms with Crippen molar-refractivity contribution < 1.29 is 17.9 Å². The molecule has 1 atom stereocenters. The number of pyridine rings is 2. The minimum atomic E-state index is -3.56. The Morgan fingerprint density at radius 2 is 1.93 bits per heavy atom. The molecule has 8 heteroatoms. The second-order valence-corrected chi connectivity index (χ2v) is 9.42. The lowest BCUT2D eigenvalue weighted by Gasteiger charge is -2.16. The summed E-state index contributed by atoms with van der Waals surface area (Å²) in [5, 5.41) is 0. The van der Waals surface area contributed by atoms with E-state index in [0.717, 1.165) is 28.7 Å². The van der Waals surface area contributed by atoms with Gasteiger partial charge in [-0.1, -0.05) is 6.92 Å². The zero-order chi connectivity index (χ0) is 22.1. The average molecular weight is 432 g/mol. The predicted molar refractivity (Wildman–Crippen MR) is 118 cm³/mol. The Hall–Kier alpha value is -2.45. The fourth-order valence-corrected chi connectivity index (χ4v) is 4.41. The quantitative estimate of drug-likeness (QED) is 0.536. The largest absolute Gasteiger partial charge is 0.477 e. The normalized spacial score (nSPS) is 13.0. The van der Waals surface area contributed by atoms with Crippen LogP contribution in [0.2, 0.25) is 0 Å². The molecule has 3 rings (SSSR count). The van der Waals surface area contributed by atoms with E-state index in [0.29, 0.717) is 30.4 Å². The number of sulfone groups is 1. The van der Waals surface area contributed by atoms with E-state index in [4.69, 9.17) is 14.5 Å². The maximum absolute atomic E-state index is 12.7. The van der Waals surface area contributed by atoms with E-state index in [9.17, 15) is 8.42 Å². The van der Waals surface area contributed by atoms with Crippen molar-refractivity contribution in [3.63, 3.8) is 0 Å². The lowest BCUT2D eigenvalue weighted by atomic mass is 10.1. The molecule has 0 aliphatic rings. The molecule has 0 bridgehead atoms. The highest BCUT2D eigenvalue weighted by atomic mass is 32.2. The van der Waals surface area contributed by atoms with Crippen molar-refractivity contribution in [2.45, 2.75) is 45.1 Å². The molecule has 7 nitrogen and oxygen atoms in total. The van der Waals surface area contributed by atoms with Gasteiger partial charge in [-0.05, 0) is 51.0 Å². The lowest BCUT2D eigenvalue weighted by Crippen LogP contribution is -2.11. The van der Waals surface area contributed by atoms with E-state index in [2.05, 4.69) is 4.98 Å². The molecule has 0 saturated heterocycles. The highest BCUT2D eigenvalue weighted by molar-refractivity contribution is 7.90. The number of rotatable bonds is 8. The molecule has 0 aliphatic carbocycles. The van der Waals surface area contributed by atoms with Crippen LogP contribution in [0.25, 0.3) is 22.3 Å². The van der Waals surface area contributed by atoms with Crippen molar-refractivity contribution in [3.8, 4) is 17.1 Å². The summed E-state index contributed by atoms with van der Waals surface area (Å²) in [7, 11) is -1.91. The minimum absolute atomic E-state index is 0.0377. The second-order valence-electron chi connectivity index (χ2n) is 7.44. The first-order valence-electron chi connectivity index (χ1n) is 10.0. The number of aryl methyl sites for hydroxylation is 2. The third-order valence-electron chi connectivity index (χ3n) is 5.05. The van der Waals surface area contributed by atoms with Gasteiger partial charge in [0.2, 0.25) is 5.88 Å². The van der Waals surface area contributed by atoms with Crippen LogP contribution in [-0.2, 0) is 21.0 Å². The molecular formula is C22H29N3O4S. The minimum Gasteiger partial charge on any atom is -0.477 e. The molecule has 162 valence electrons. The molecule has 0 spiro atoms. The van der Waals surface area contributed by atoms with Crippen LogP contribution in [0.15, 0.2) is 29.3 Å². The van der Waals surface area contributed by atoms with E-state index < -0.39 is 9.84 Å². The van der Waals surface area contributed by atoms with Crippen LogP contribution in [0.5, 0.6) is 5.88 Å². The highest BCUT2D eigenvalue weighted by Gasteiger charge is 2.24. The first-order chi connectivity index (χ1) is 14.2. The Balaban J connectivity index is 2.34. The number of fused-ring (bicyclic) bond motifs is 1. The monoisotopic (exact) mass is 431 g/mol. The summed E-state index contributed by atoms with van der Waals surface area (Å²) in [5.41, 5.74) is 4.29. The Labute approximate surface area is 178 Å². The van der Waals surface area contributed by atoms with Gasteiger partial charge >= 0.3 is 0 Å². The SMILES string of the molecule is CCOc1nc(CC)ccc1-c1nc2c(C)cn([C@H](C)COC)c2cc1S(C)(=O)=O. The topological polar surface area (TPSA) is 83.3 Å². The maximum atomic E-state index is 12.7. The molecule has 3 aromatic heterocycles. The van der Waals surface area contributed by atoms with Crippen LogP contribution >= 0.6 is 0 Å². The van der Waals surface area contributed by atoms with Crippen molar-refractivity contribution in [1.82, 2.24) is 14.5 Å². The van der Waals surface area contributed by atoms with Crippen molar-refractivity contribution in [1.29, 1.82) is 0 Å². The number of nitrogens with zero attached hydrogens (tertiary/aromatic N) is 3. The standard InChI is InChI=1S/C22H29N3O4S/c1-7-16-9-10-17(22(23-16)29-8-2)21-19(30(6,26)27)11-18-20(24-21)14(3)12-25(18)15(4)13-28-5/h9-12,15H,7-8,13H2,1-6H3/t15-/m1/s1. The molecule has 0 saturated carbocycles. The molecular weight excluding hydrogens is 402 g/mol. The van der Waals surface area contributed by atoms with Gasteiger partial charge in [0, 0.05) is 25.3 Å². The van der Waals surface area contributed by atoms with Gasteiger partial charge in [-0.15, -0.1) is 0 Å². The van der Waals surface area contributed by atoms with E-state index in [1.165, 1.54) is 6.26 Å². The van der Waals surface area contributed by atoms with Crippen LogP contribution in [0.1, 0.15) is 38.1 Å². The summed E-state index contributed by atoms with van der Waals surface area (Å²) in [4.78, 5) is 9.53. The Morgan fingerprint density at radius 1 is 1.20 bits per heavy atom. The lowest BCUT2D eigenvalue weighted by molar-refractivity contribution is 0.164. The van der Waals surface area contributed by atoms with Crippen LogP contribution in [0, 0.1) is 6.92 Å². The van der Waals surface area contributed by atoms with Crippen LogP contribution in [0.3, 0.4) is 0 Å². The van der Waals surface area contributed by atoms with Crippen LogP contribution in [0.4, 0.5) is 0 Å². The summed E-state index contributed by atoms with van der Waals surface area (Å²) in [6.07, 6.45) is 3.94. The van der Waals surface area contributed by atoms with Gasteiger partial charge in [0.25, 0.3) is 0 Å². The Kier molecular flexibility index (Phi) is 6.47. The van der Waals surface area contributed by atoms with Gasteiger partial charge in [-0.3, -0.25) is 0 Å². The zero-order valence-electron chi connectivity index (χ0n) is 18.4. The molecule has 0 N–H and O–H groups in total. The van der Waals surface area contributed by atoms with Gasteiger partial charge in [-0.2, -0.15) is 0 Å². The fraction of sp³-hybridized carbons (Fsp3) is 0.455. The van der Waals surface area contributed by atoms with E-state index in [1.807, 2.05) is 50.6 Å². The molecule has 0 aromatic carbocycles. The Morgan fingerprint density at radius 3 is 2.53 bits per heavy atom. The second kappa shape index (κ2) is 8.73. The van der Waals surface area contributed by atoms with Crippen molar-refractivity contribution >= 4 is 20.9 Å². The van der Waals surface area contributed by atoms with Gasteiger partial charge in [0.1, 0.15) is 0 Å². The fourth-order valence-electron chi connectivity index (χ4n) is 3.58. The number of ether oxygens (including phenoxy) is 2. The van der Waals surface area contributed by atoms with Gasteiger partial charge in [0.05, 0.1) is 46.4 Å². The number of aromatic nitrogens is 3. The molecule has 3 heterocycles. The third-order valence-corrected chi connectivity index (χ3v) is 6.16. The molecule has 3 aromatic rings. The van der Waals surface area contributed by atoms with Crippen molar-refractivity contribution in [2.75, 3.05) is 26.6 Å². The van der Waals surface area contributed by atoms with Crippen molar-refractivity contribution in [3.05, 3.63) is 35.7 Å². The van der Waals surface area contributed by atoms with Gasteiger partial charge in [-0.25, -0.2) is 18.4 Å². The molecule has 0 unspecified atom stereocenters. The first-order valence-corrected chi connectivity index (χ1v) is 11.9. The van der Waals surface area contributed by atoms with Gasteiger partial charge < -0.3 is 14.0 Å². The molecule has 0 radical (unpaired) electrons. The van der Waals surface area contributed by atoms with E-state index in [-0.39, 0.29) is 10.9 Å². The summed E-state index contributed by atoms with van der Waals surface area (Å²) in [6, 6.07) is 5.47. The van der Waals surface area contributed by atoms with Crippen molar-refractivity contribution in [2.24, 2.45) is 0 Å². The number of hydrogen-bond acceptors (Lipinski definition) is 6. The maximum Gasteiger partial charge on any atom is 0.223 e. The summed E-state index contributed by atoms with van der Waals surface area (Å²) in [6.45, 7) is 8.81. The molecule has 30 heavy (non-hydrogen) atoms. The number of hydrogen-bond donors (Lipinski definition) is 0. The first kappa shape index (κ1) is 22.2. The average Bonchev–Trinajstić information content (AvgIpc) is 3.03. The van der Waals surface area contributed by atoms with Crippen LogP contribution in [-0.4, -0.2) is 49.5 Å². The smallest absolute Gasteiger partial charge is 0.223 e. The Bertz CT molecular complexity index is 1170.